The number of thioether (sulfide) groups is 1. The molecule has 4 rings (SSSR count). The SMILES string of the molecule is C=CCC1(CC=C)C[C@@H]2SCC[C@H](NC(=O)[C@H](C)NC)C(=O)N2C1C(=O)N[C@@H]1CCCc2ccccc21. The van der Waals surface area contributed by atoms with Crippen molar-refractivity contribution in [2.24, 2.45) is 5.41 Å². The normalized spacial score (nSPS) is 27.3. The van der Waals surface area contributed by atoms with Gasteiger partial charge in [-0.3, -0.25) is 14.4 Å². The molecule has 7 nitrogen and oxygen atoms in total. The molecular weight excluding hydrogens is 484 g/mol. The van der Waals surface area contributed by atoms with Crippen LogP contribution in [0.1, 0.15) is 62.6 Å². The van der Waals surface area contributed by atoms with Crippen LogP contribution in [0.15, 0.2) is 49.6 Å². The Kier molecular flexibility index (Phi) is 8.80. The van der Waals surface area contributed by atoms with Gasteiger partial charge in [0.1, 0.15) is 12.1 Å². The van der Waals surface area contributed by atoms with Crippen LogP contribution in [-0.2, 0) is 20.8 Å². The Morgan fingerprint density at radius 3 is 2.59 bits per heavy atom. The topological polar surface area (TPSA) is 90.5 Å². The zero-order valence-corrected chi connectivity index (χ0v) is 22.8. The minimum absolute atomic E-state index is 0.0802. The second-order valence-electron chi connectivity index (χ2n) is 10.5. The molecule has 0 spiro atoms. The molecule has 1 aromatic carbocycles. The van der Waals surface area contributed by atoms with E-state index in [1.165, 1.54) is 5.56 Å². The zero-order chi connectivity index (χ0) is 26.6. The Balaban J connectivity index is 1.67. The van der Waals surface area contributed by atoms with Gasteiger partial charge in [0, 0.05) is 5.41 Å². The van der Waals surface area contributed by atoms with Crippen molar-refractivity contribution in [3.05, 3.63) is 60.7 Å². The van der Waals surface area contributed by atoms with Crippen molar-refractivity contribution in [3.8, 4) is 0 Å². The monoisotopic (exact) mass is 524 g/mol. The summed E-state index contributed by atoms with van der Waals surface area (Å²) in [7, 11) is 1.72. The summed E-state index contributed by atoms with van der Waals surface area (Å²) >= 11 is 1.70. The summed E-state index contributed by atoms with van der Waals surface area (Å²) in [5.74, 6) is 0.212. The molecule has 8 heteroatoms. The van der Waals surface area contributed by atoms with E-state index in [0.717, 1.165) is 30.6 Å². The molecule has 2 saturated heterocycles. The second kappa shape index (κ2) is 11.9. The first-order chi connectivity index (χ1) is 17.8. The zero-order valence-electron chi connectivity index (χ0n) is 22.0. The number of carbonyl (C=O) groups excluding carboxylic acids is 3. The number of allylic oxidation sites excluding steroid dienone is 2. The Morgan fingerprint density at radius 1 is 1.16 bits per heavy atom. The molecule has 3 N–H and O–H groups in total. The van der Waals surface area contributed by atoms with Crippen LogP contribution in [0, 0.1) is 5.41 Å². The van der Waals surface area contributed by atoms with E-state index in [9.17, 15) is 14.4 Å². The molecule has 200 valence electrons. The lowest BCUT2D eigenvalue weighted by atomic mass is 9.73. The maximum Gasteiger partial charge on any atom is 0.246 e. The predicted octanol–water partition coefficient (Wildman–Crippen LogP) is 3.48. The molecule has 3 amide bonds. The van der Waals surface area contributed by atoms with E-state index in [2.05, 4.69) is 41.2 Å². The van der Waals surface area contributed by atoms with Gasteiger partial charge in [0.15, 0.2) is 0 Å². The number of benzene rings is 1. The molecule has 0 radical (unpaired) electrons. The predicted molar refractivity (Wildman–Crippen MR) is 149 cm³/mol. The molecular formula is C29H40N4O3S. The van der Waals surface area contributed by atoms with Crippen molar-refractivity contribution in [2.45, 2.75) is 81.4 Å². The Hall–Kier alpha value is -2.58. The van der Waals surface area contributed by atoms with Gasteiger partial charge in [0.25, 0.3) is 0 Å². The van der Waals surface area contributed by atoms with E-state index in [1.807, 2.05) is 24.3 Å². The Labute approximate surface area is 224 Å². The van der Waals surface area contributed by atoms with Crippen molar-refractivity contribution >= 4 is 29.5 Å². The summed E-state index contributed by atoms with van der Waals surface area (Å²) in [5, 5.41) is 9.07. The number of hydrogen-bond acceptors (Lipinski definition) is 5. The van der Waals surface area contributed by atoms with Crippen LogP contribution in [0.25, 0.3) is 0 Å². The molecule has 1 unspecified atom stereocenters. The van der Waals surface area contributed by atoms with Gasteiger partial charge in [0.2, 0.25) is 17.7 Å². The number of rotatable bonds is 9. The van der Waals surface area contributed by atoms with Gasteiger partial charge in [-0.15, -0.1) is 24.9 Å². The lowest BCUT2D eigenvalue weighted by Crippen LogP contribution is -2.58. The Morgan fingerprint density at radius 2 is 1.89 bits per heavy atom. The second-order valence-corrected chi connectivity index (χ2v) is 11.8. The van der Waals surface area contributed by atoms with Crippen LogP contribution in [0.3, 0.4) is 0 Å². The quantitative estimate of drug-likeness (QED) is 0.431. The highest BCUT2D eigenvalue weighted by molar-refractivity contribution is 7.99. The van der Waals surface area contributed by atoms with Gasteiger partial charge < -0.3 is 20.9 Å². The molecule has 2 heterocycles. The van der Waals surface area contributed by atoms with Crippen LogP contribution in [0.5, 0.6) is 0 Å². The van der Waals surface area contributed by atoms with E-state index in [1.54, 1.807) is 30.6 Å². The molecule has 3 aliphatic rings. The molecule has 1 aromatic rings. The summed E-state index contributed by atoms with van der Waals surface area (Å²) in [4.78, 5) is 42.7. The molecule has 5 atom stereocenters. The number of aryl methyl sites for hydroxylation is 1. The summed E-state index contributed by atoms with van der Waals surface area (Å²) in [6.45, 7) is 9.74. The van der Waals surface area contributed by atoms with E-state index in [-0.39, 0.29) is 29.1 Å². The number of fused-ring (bicyclic) bond motifs is 2. The van der Waals surface area contributed by atoms with E-state index < -0.39 is 23.5 Å². The van der Waals surface area contributed by atoms with Gasteiger partial charge in [-0.2, -0.15) is 0 Å². The van der Waals surface area contributed by atoms with Gasteiger partial charge in [-0.1, -0.05) is 36.4 Å². The third-order valence-electron chi connectivity index (χ3n) is 8.20. The van der Waals surface area contributed by atoms with Gasteiger partial charge in [0.05, 0.1) is 17.5 Å². The van der Waals surface area contributed by atoms with Crippen LogP contribution < -0.4 is 16.0 Å². The van der Waals surface area contributed by atoms with Crippen molar-refractivity contribution < 1.29 is 14.4 Å². The van der Waals surface area contributed by atoms with Gasteiger partial charge >= 0.3 is 0 Å². The van der Waals surface area contributed by atoms with E-state index >= 15 is 0 Å². The maximum atomic E-state index is 14.2. The fourth-order valence-corrected chi connectivity index (χ4v) is 7.70. The number of carbonyl (C=O) groups is 3. The first kappa shape index (κ1) is 27.5. The average molecular weight is 525 g/mol. The van der Waals surface area contributed by atoms with Gasteiger partial charge in [-0.25, -0.2) is 0 Å². The number of nitrogens with one attached hydrogen (secondary N) is 3. The Bertz CT molecular complexity index is 1030. The summed E-state index contributed by atoms with van der Waals surface area (Å²) in [5.41, 5.74) is 1.95. The number of nitrogens with zero attached hydrogens (tertiary/aromatic N) is 1. The average Bonchev–Trinajstić information content (AvgIpc) is 3.13. The summed E-state index contributed by atoms with van der Waals surface area (Å²) in [6.07, 6.45) is 9.05. The van der Waals surface area contributed by atoms with Crippen LogP contribution >= 0.6 is 11.8 Å². The largest absolute Gasteiger partial charge is 0.347 e. The fraction of sp³-hybridized carbons (Fsp3) is 0.552. The van der Waals surface area contributed by atoms with Crippen molar-refractivity contribution in [1.29, 1.82) is 0 Å². The highest BCUT2D eigenvalue weighted by Gasteiger charge is 2.57. The molecule has 0 bridgehead atoms. The first-order valence-electron chi connectivity index (χ1n) is 13.4. The number of likely N-dealkylation sites (N-methyl/N-ethyl adjacent to an activating group) is 1. The smallest absolute Gasteiger partial charge is 0.246 e. The van der Waals surface area contributed by atoms with E-state index in [0.29, 0.717) is 25.7 Å². The van der Waals surface area contributed by atoms with Crippen LogP contribution in [-0.4, -0.2) is 58.9 Å². The van der Waals surface area contributed by atoms with Gasteiger partial charge in [-0.05, 0) is 75.8 Å². The lowest BCUT2D eigenvalue weighted by Gasteiger charge is -2.38. The fourth-order valence-electron chi connectivity index (χ4n) is 6.22. The number of hydrogen-bond donors (Lipinski definition) is 3. The van der Waals surface area contributed by atoms with Crippen molar-refractivity contribution in [1.82, 2.24) is 20.9 Å². The first-order valence-corrected chi connectivity index (χ1v) is 14.4. The summed E-state index contributed by atoms with van der Waals surface area (Å²) < 4.78 is 0. The van der Waals surface area contributed by atoms with Crippen molar-refractivity contribution in [2.75, 3.05) is 12.8 Å². The molecule has 0 aromatic heterocycles. The maximum absolute atomic E-state index is 14.2. The number of amides is 3. The summed E-state index contributed by atoms with van der Waals surface area (Å²) in [6, 6.07) is 6.47. The van der Waals surface area contributed by atoms with Crippen LogP contribution in [0.2, 0.25) is 0 Å². The molecule has 1 aliphatic carbocycles. The molecule has 2 aliphatic heterocycles. The highest BCUT2D eigenvalue weighted by Crippen LogP contribution is 2.51. The standard InChI is InChI=1S/C29H40N4O3S/c1-5-15-29(16-6-2)18-24-33(28(36)23(14-17-37-24)32-26(34)19(3)30-4)25(29)27(35)31-22-13-9-11-20-10-7-8-12-21(20)22/h5-8,10,12,19,22-25,30H,1-2,9,11,13-18H2,3-4H3,(H,31,35)(H,32,34)/t19-,22+,23-,24-,25?/m0/s1. The molecule has 2 fully saturated rings. The van der Waals surface area contributed by atoms with E-state index in [4.69, 9.17) is 0 Å². The third-order valence-corrected chi connectivity index (χ3v) is 9.45. The minimum Gasteiger partial charge on any atom is -0.347 e. The lowest BCUT2D eigenvalue weighted by molar-refractivity contribution is -0.144. The third kappa shape index (κ3) is 5.50. The van der Waals surface area contributed by atoms with Crippen molar-refractivity contribution in [3.63, 3.8) is 0 Å². The highest BCUT2D eigenvalue weighted by atomic mass is 32.2. The molecule has 0 saturated carbocycles. The molecule has 37 heavy (non-hydrogen) atoms. The van der Waals surface area contributed by atoms with Crippen LogP contribution in [0.4, 0.5) is 0 Å². The minimum atomic E-state index is -0.665.